The number of aliphatic hydroxyl groups is 1. The Hall–Kier alpha value is -0.860. The van der Waals surface area contributed by atoms with E-state index < -0.39 is 6.09 Å². The third-order valence-electron chi connectivity index (χ3n) is 2.68. The Morgan fingerprint density at radius 2 is 2.44 bits per heavy atom. The van der Waals surface area contributed by atoms with Crippen molar-refractivity contribution in [2.24, 2.45) is 11.7 Å². The van der Waals surface area contributed by atoms with Crippen molar-refractivity contribution < 1.29 is 19.4 Å². The number of hydrogen-bond acceptors (Lipinski definition) is 6. The second-order valence-corrected chi connectivity index (χ2v) is 6.39. The van der Waals surface area contributed by atoms with Gasteiger partial charge in [0.25, 0.3) is 0 Å². The Morgan fingerprint density at radius 3 is 3.11 bits per heavy atom. The molecule has 0 aliphatic carbocycles. The van der Waals surface area contributed by atoms with Crippen molar-refractivity contribution in [1.29, 1.82) is 0 Å². The lowest BCUT2D eigenvalue weighted by Gasteiger charge is -2.40. The van der Waals surface area contributed by atoms with Crippen LogP contribution in [0.2, 0.25) is 0 Å². The smallest absolute Gasteiger partial charge is 0.404 e. The summed E-state index contributed by atoms with van der Waals surface area (Å²) >= 11 is 3.15. The second-order valence-electron chi connectivity index (χ2n) is 3.84. The highest BCUT2D eigenvalue weighted by Crippen LogP contribution is 2.49. The van der Waals surface area contributed by atoms with E-state index in [0.717, 1.165) is 4.24 Å². The predicted octanol–water partition coefficient (Wildman–Crippen LogP) is 0.528. The van der Waals surface area contributed by atoms with E-state index in [9.17, 15) is 9.59 Å². The van der Waals surface area contributed by atoms with Crippen LogP contribution in [0.15, 0.2) is 10.4 Å². The van der Waals surface area contributed by atoms with Gasteiger partial charge in [-0.1, -0.05) is 11.8 Å². The Morgan fingerprint density at radius 1 is 1.67 bits per heavy atom. The van der Waals surface area contributed by atoms with Crippen LogP contribution in [0.25, 0.3) is 0 Å². The van der Waals surface area contributed by atoms with E-state index in [2.05, 4.69) is 4.74 Å². The number of nitrogens with two attached hydrogens (primary N) is 1. The molecule has 100 valence electrons. The van der Waals surface area contributed by atoms with E-state index in [1.807, 2.05) is 6.20 Å². The summed E-state index contributed by atoms with van der Waals surface area (Å²) in [6.07, 6.45) is 1.56. The normalized spacial score (nSPS) is 25.5. The molecule has 2 rings (SSSR count). The molecule has 0 aromatic rings. The fourth-order valence-corrected chi connectivity index (χ4v) is 4.33. The van der Waals surface area contributed by atoms with Gasteiger partial charge in [0.1, 0.15) is 6.61 Å². The number of rotatable bonds is 6. The van der Waals surface area contributed by atoms with Gasteiger partial charge in [0, 0.05) is 18.6 Å². The molecule has 0 aromatic carbocycles. The van der Waals surface area contributed by atoms with Gasteiger partial charge in [-0.3, -0.25) is 4.79 Å². The molecular weight excluding hydrogens is 276 g/mol. The van der Waals surface area contributed by atoms with E-state index in [4.69, 9.17) is 10.8 Å². The number of nitrogens with zero attached hydrogens (tertiary/aromatic N) is 1. The van der Waals surface area contributed by atoms with Gasteiger partial charge in [-0.25, -0.2) is 4.79 Å². The summed E-state index contributed by atoms with van der Waals surface area (Å²) in [5.74, 6) is 0.614. The van der Waals surface area contributed by atoms with E-state index >= 15 is 0 Å². The van der Waals surface area contributed by atoms with Gasteiger partial charge in [0.05, 0.1) is 15.5 Å². The Bertz CT molecular complexity index is 388. The Labute approximate surface area is 113 Å². The summed E-state index contributed by atoms with van der Waals surface area (Å²) in [4.78, 5) is 23.7. The maximum atomic E-state index is 11.7. The van der Waals surface area contributed by atoms with Crippen molar-refractivity contribution in [2.75, 3.05) is 19.0 Å². The number of carbonyl (C=O) groups is 2. The Kier molecular flexibility index (Phi) is 4.41. The monoisotopic (exact) mass is 290 g/mol. The zero-order valence-electron chi connectivity index (χ0n) is 9.57. The average Bonchev–Trinajstić information content (AvgIpc) is 2.71. The lowest BCUT2D eigenvalue weighted by atomic mass is 9.96. The maximum Gasteiger partial charge on any atom is 0.404 e. The average molecular weight is 290 g/mol. The van der Waals surface area contributed by atoms with Crippen molar-refractivity contribution in [1.82, 2.24) is 4.90 Å². The summed E-state index contributed by atoms with van der Waals surface area (Å²) in [7, 11) is 0. The second kappa shape index (κ2) is 5.85. The number of amides is 2. The SMILES string of the molecule is NC(=O)OCCSC1=CN2C(=O)[C@H](CCO)[C@H]2S1. The van der Waals surface area contributed by atoms with E-state index in [1.165, 1.54) is 11.8 Å². The molecule has 6 nitrogen and oxygen atoms in total. The largest absolute Gasteiger partial charge is 0.449 e. The van der Waals surface area contributed by atoms with Crippen LogP contribution in [-0.2, 0) is 9.53 Å². The molecule has 2 atom stereocenters. The van der Waals surface area contributed by atoms with Gasteiger partial charge < -0.3 is 20.5 Å². The first-order valence-electron chi connectivity index (χ1n) is 5.50. The molecule has 2 heterocycles. The van der Waals surface area contributed by atoms with Gasteiger partial charge in [-0.05, 0) is 6.42 Å². The predicted molar refractivity (Wildman–Crippen MR) is 69.5 cm³/mol. The van der Waals surface area contributed by atoms with Crippen molar-refractivity contribution in [3.63, 3.8) is 0 Å². The van der Waals surface area contributed by atoms with Gasteiger partial charge in [0.15, 0.2) is 0 Å². The first-order chi connectivity index (χ1) is 8.63. The number of β-lactam (4-membered cyclic amide) rings is 1. The highest BCUT2D eigenvalue weighted by Gasteiger charge is 2.49. The summed E-state index contributed by atoms with van der Waals surface area (Å²) in [5.41, 5.74) is 4.84. The highest BCUT2D eigenvalue weighted by molar-refractivity contribution is 8.22. The van der Waals surface area contributed by atoms with Crippen LogP contribution in [0, 0.1) is 5.92 Å². The van der Waals surface area contributed by atoms with Crippen LogP contribution in [0.1, 0.15) is 6.42 Å². The number of hydrogen-bond donors (Lipinski definition) is 2. The highest BCUT2D eigenvalue weighted by atomic mass is 32.2. The lowest BCUT2D eigenvalue weighted by molar-refractivity contribution is -0.146. The number of aliphatic hydroxyl groups excluding tert-OH is 1. The van der Waals surface area contributed by atoms with Crippen LogP contribution in [-0.4, -0.2) is 46.3 Å². The van der Waals surface area contributed by atoms with Crippen LogP contribution in [0.3, 0.4) is 0 Å². The molecule has 0 unspecified atom stereocenters. The molecule has 0 bridgehead atoms. The van der Waals surface area contributed by atoms with Crippen molar-refractivity contribution in [2.45, 2.75) is 11.8 Å². The number of primary amides is 1. The minimum absolute atomic E-state index is 0.0379. The zero-order chi connectivity index (χ0) is 13.1. The van der Waals surface area contributed by atoms with Crippen molar-refractivity contribution in [3.05, 3.63) is 10.4 Å². The third kappa shape index (κ3) is 2.76. The molecule has 1 saturated heterocycles. The topological polar surface area (TPSA) is 92.9 Å². The number of fused-ring (bicyclic) bond motifs is 1. The van der Waals surface area contributed by atoms with Crippen LogP contribution in [0.5, 0.6) is 0 Å². The number of carbonyl (C=O) groups excluding carboxylic acids is 2. The molecule has 2 amide bonds. The lowest BCUT2D eigenvalue weighted by Crippen LogP contribution is -2.54. The quantitative estimate of drug-likeness (QED) is 0.547. The first-order valence-corrected chi connectivity index (χ1v) is 7.36. The molecule has 18 heavy (non-hydrogen) atoms. The summed E-state index contributed by atoms with van der Waals surface area (Å²) in [6, 6.07) is 0. The van der Waals surface area contributed by atoms with Crippen LogP contribution < -0.4 is 5.73 Å². The minimum atomic E-state index is -0.773. The minimum Gasteiger partial charge on any atom is -0.449 e. The van der Waals surface area contributed by atoms with Gasteiger partial charge in [-0.15, -0.1) is 11.8 Å². The Balaban J connectivity index is 1.74. The zero-order valence-corrected chi connectivity index (χ0v) is 11.2. The van der Waals surface area contributed by atoms with E-state index in [0.29, 0.717) is 12.2 Å². The van der Waals surface area contributed by atoms with E-state index in [1.54, 1.807) is 16.7 Å². The number of thioether (sulfide) groups is 2. The van der Waals surface area contributed by atoms with Gasteiger partial charge in [0.2, 0.25) is 5.91 Å². The molecule has 0 aromatic heterocycles. The maximum absolute atomic E-state index is 11.7. The van der Waals surface area contributed by atoms with Crippen LogP contribution in [0.4, 0.5) is 4.79 Å². The van der Waals surface area contributed by atoms with Crippen molar-refractivity contribution in [3.8, 4) is 0 Å². The molecule has 0 saturated carbocycles. The molecule has 1 fully saturated rings. The molecule has 0 spiro atoms. The molecule has 3 N–H and O–H groups in total. The van der Waals surface area contributed by atoms with Gasteiger partial charge >= 0.3 is 6.09 Å². The standard InChI is InChI=1S/C10H14N2O4S2/c11-10(15)16-3-4-17-7-5-12-8(14)6(1-2-13)9(12)18-7/h5-6,9,13H,1-4H2,(H2,11,15)/t6-,9+/m0/s1. The van der Waals surface area contributed by atoms with Crippen LogP contribution >= 0.6 is 23.5 Å². The molecule has 2 aliphatic heterocycles. The molecule has 2 aliphatic rings. The fourth-order valence-electron chi connectivity index (χ4n) is 1.85. The fraction of sp³-hybridized carbons (Fsp3) is 0.600. The van der Waals surface area contributed by atoms with Crippen molar-refractivity contribution >= 4 is 35.5 Å². The molecule has 0 radical (unpaired) electrons. The first kappa shape index (κ1) is 13.6. The summed E-state index contributed by atoms with van der Waals surface area (Å²) < 4.78 is 5.65. The van der Waals surface area contributed by atoms with E-state index in [-0.39, 0.29) is 30.4 Å². The molecule has 8 heteroatoms. The third-order valence-corrected chi connectivity index (χ3v) is 5.22. The summed E-state index contributed by atoms with van der Waals surface area (Å²) in [6.45, 7) is 0.298. The molecular formula is C10H14N2O4S2. The van der Waals surface area contributed by atoms with Gasteiger partial charge in [-0.2, -0.15) is 0 Å². The number of ether oxygens (including phenoxy) is 1. The summed E-state index contributed by atoms with van der Waals surface area (Å²) in [5, 5.41) is 9.00.